The summed E-state index contributed by atoms with van der Waals surface area (Å²) in [7, 11) is 0. The summed E-state index contributed by atoms with van der Waals surface area (Å²) in [6.07, 6.45) is 2.48. The van der Waals surface area contributed by atoms with Crippen LogP contribution in [0.2, 0.25) is 5.02 Å². The Bertz CT molecular complexity index is 538. The van der Waals surface area contributed by atoms with E-state index in [0.717, 1.165) is 29.0 Å². The van der Waals surface area contributed by atoms with E-state index in [0.29, 0.717) is 5.92 Å². The summed E-state index contributed by atoms with van der Waals surface area (Å²) < 4.78 is 0. The predicted octanol–water partition coefficient (Wildman–Crippen LogP) is 3.60. The number of piperidine rings is 1. The van der Waals surface area contributed by atoms with Crippen molar-refractivity contribution in [3.63, 3.8) is 0 Å². The van der Waals surface area contributed by atoms with Crippen molar-refractivity contribution in [2.45, 2.75) is 25.7 Å². The Hall–Kier alpha value is -0.990. The lowest BCUT2D eigenvalue weighted by atomic mass is 9.91. The number of fused-ring (bicyclic) bond motifs is 1. The van der Waals surface area contributed by atoms with Crippen molar-refractivity contribution < 1.29 is 0 Å². The Kier molecular flexibility index (Phi) is 2.85. The van der Waals surface area contributed by atoms with E-state index in [1.165, 1.54) is 24.1 Å². The van der Waals surface area contributed by atoms with Crippen LogP contribution in [-0.4, -0.2) is 18.1 Å². The highest BCUT2D eigenvalue weighted by Gasteiger charge is 2.19. The molecular formula is C14H17ClN2. The van der Waals surface area contributed by atoms with Crippen molar-refractivity contribution in [2.75, 3.05) is 13.1 Å². The predicted molar refractivity (Wildman–Crippen MR) is 72.9 cm³/mol. The molecule has 0 bridgehead atoms. The summed E-state index contributed by atoms with van der Waals surface area (Å²) in [5.74, 6) is 0.566. The molecule has 2 heterocycles. The molecule has 1 aliphatic rings. The molecule has 90 valence electrons. The van der Waals surface area contributed by atoms with Crippen molar-refractivity contribution in [3.05, 3.63) is 34.5 Å². The van der Waals surface area contributed by atoms with E-state index in [1.54, 1.807) is 0 Å². The number of aryl methyl sites for hydroxylation is 1. The van der Waals surface area contributed by atoms with Crippen LogP contribution in [0, 0.1) is 6.92 Å². The molecule has 2 nitrogen and oxygen atoms in total. The minimum atomic E-state index is 0.566. The number of halogens is 1. The average Bonchev–Trinajstić information content (AvgIpc) is 2.72. The summed E-state index contributed by atoms with van der Waals surface area (Å²) in [6, 6.07) is 6.47. The molecule has 2 aromatic rings. The van der Waals surface area contributed by atoms with E-state index in [9.17, 15) is 0 Å². The van der Waals surface area contributed by atoms with Crippen LogP contribution in [0.1, 0.15) is 30.0 Å². The van der Waals surface area contributed by atoms with Gasteiger partial charge in [0.2, 0.25) is 0 Å². The van der Waals surface area contributed by atoms with Gasteiger partial charge in [0.05, 0.1) is 5.02 Å². The van der Waals surface area contributed by atoms with Gasteiger partial charge in [-0.25, -0.2) is 0 Å². The molecule has 1 saturated heterocycles. The Balaban J connectivity index is 2.06. The van der Waals surface area contributed by atoms with Crippen LogP contribution in [0.25, 0.3) is 10.9 Å². The summed E-state index contributed by atoms with van der Waals surface area (Å²) in [6.45, 7) is 4.26. The van der Waals surface area contributed by atoms with E-state index >= 15 is 0 Å². The molecule has 17 heavy (non-hydrogen) atoms. The van der Waals surface area contributed by atoms with Crippen LogP contribution in [0.4, 0.5) is 0 Å². The maximum absolute atomic E-state index is 6.54. The highest BCUT2D eigenvalue weighted by atomic mass is 35.5. The van der Waals surface area contributed by atoms with Gasteiger partial charge in [-0.05, 0) is 49.9 Å². The molecule has 0 aliphatic carbocycles. The minimum absolute atomic E-state index is 0.566. The number of rotatable bonds is 1. The second-order valence-electron chi connectivity index (χ2n) is 4.93. The number of hydrogen-bond donors (Lipinski definition) is 2. The first-order chi connectivity index (χ1) is 8.25. The first kappa shape index (κ1) is 11.1. The third kappa shape index (κ3) is 1.96. The van der Waals surface area contributed by atoms with Crippen LogP contribution >= 0.6 is 11.6 Å². The quantitative estimate of drug-likeness (QED) is 0.793. The van der Waals surface area contributed by atoms with Gasteiger partial charge in [0.15, 0.2) is 0 Å². The molecule has 3 rings (SSSR count). The first-order valence-electron chi connectivity index (χ1n) is 6.24. The molecule has 1 aromatic carbocycles. The molecule has 0 amide bonds. The standard InChI is InChI=1S/C14H17ClN2/c1-9-7-12-13(17-9)5-4-11(14(12)15)10-3-2-6-16-8-10/h4-5,7,10,16-17H,2-3,6,8H2,1H3. The van der Waals surface area contributed by atoms with Crippen molar-refractivity contribution in [1.82, 2.24) is 10.3 Å². The van der Waals surface area contributed by atoms with Gasteiger partial charge >= 0.3 is 0 Å². The Morgan fingerprint density at radius 1 is 1.35 bits per heavy atom. The van der Waals surface area contributed by atoms with Crippen molar-refractivity contribution in [2.24, 2.45) is 0 Å². The van der Waals surface area contributed by atoms with Gasteiger partial charge in [0.1, 0.15) is 0 Å². The second kappa shape index (κ2) is 4.35. The maximum atomic E-state index is 6.54. The van der Waals surface area contributed by atoms with E-state index in [-0.39, 0.29) is 0 Å². The fourth-order valence-electron chi connectivity index (χ4n) is 2.76. The van der Waals surface area contributed by atoms with Gasteiger partial charge in [-0.1, -0.05) is 17.7 Å². The number of aromatic amines is 1. The number of aromatic nitrogens is 1. The summed E-state index contributed by atoms with van der Waals surface area (Å²) in [4.78, 5) is 3.33. The second-order valence-corrected chi connectivity index (χ2v) is 5.30. The van der Waals surface area contributed by atoms with Crippen LogP contribution in [-0.2, 0) is 0 Å². The Morgan fingerprint density at radius 3 is 3.00 bits per heavy atom. The lowest BCUT2D eigenvalue weighted by Gasteiger charge is -2.24. The molecule has 1 aromatic heterocycles. The molecule has 1 aliphatic heterocycles. The highest BCUT2D eigenvalue weighted by molar-refractivity contribution is 6.36. The van der Waals surface area contributed by atoms with Gasteiger partial charge in [0, 0.05) is 23.1 Å². The van der Waals surface area contributed by atoms with Crippen LogP contribution in [0.5, 0.6) is 0 Å². The van der Waals surface area contributed by atoms with Crippen LogP contribution in [0.3, 0.4) is 0 Å². The van der Waals surface area contributed by atoms with E-state index in [2.05, 4.69) is 35.4 Å². The highest BCUT2D eigenvalue weighted by Crippen LogP contribution is 2.34. The van der Waals surface area contributed by atoms with Crippen molar-refractivity contribution in [3.8, 4) is 0 Å². The number of nitrogens with one attached hydrogen (secondary N) is 2. The molecule has 0 radical (unpaired) electrons. The van der Waals surface area contributed by atoms with E-state index < -0.39 is 0 Å². The van der Waals surface area contributed by atoms with Gasteiger partial charge in [0.25, 0.3) is 0 Å². The lowest BCUT2D eigenvalue weighted by Crippen LogP contribution is -2.28. The number of hydrogen-bond acceptors (Lipinski definition) is 1. The smallest absolute Gasteiger partial charge is 0.0535 e. The topological polar surface area (TPSA) is 27.8 Å². The van der Waals surface area contributed by atoms with E-state index in [4.69, 9.17) is 11.6 Å². The summed E-state index contributed by atoms with van der Waals surface area (Å²) in [5.41, 5.74) is 3.60. The number of H-pyrrole nitrogens is 1. The maximum Gasteiger partial charge on any atom is 0.0535 e. The van der Waals surface area contributed by atoms with Gasteiger partial charge in [-0.15, -0.1) is 0 Å². The first-order valence-corrected chi connectivity index (χ1v) is 6.62. The van der Waals surface area contributed by atoms with Crippen molar-refractivity contribution in [1.29, 1.82) is 0 Å². The fourth-order valence-corrected chi connectivity index (χ4v) is 3.13. The number of benzene rings is 1. The molecule has 3 heteroatoms. The lowest BCUT2D eigenvalue weighted by molar-refractivity contribution is 0.462. The monoisotopic (exact) mass is 248 g/mol. The molecule has 0 saturated carbocycles. The van der Waals surface area contributed by atoms with E-state index in [1.807, 2.05) is 0 Å². The van der Waals surface area contributed by atoms with Gasteiger partial charge in [-0.2, -0.15) is 0 Å². The molecular weight excluding hydrogens is 232 g/mol. The molecule has 1 atom stereocenters. The Morgan fingerprint density at radius 2 is 2.24 bits per heavy atom. The van der Waals surface area contributed by atoms with Gasteiger partial charge in [-0.3, -0.25) is 0 Å². The van der Waals surface area contributed by atoms with Gasteiger partial charge < -0.3 is 10.3 Å². The van der Waals surface area contributed by atoms with Crippen LogP contribution < -0.4 is 5.32 Å². The zero-order valence-electron chi connectivity index (χ0n) is 10.0. The third-order valence-corrected chi connectivity index (χ3v) is 4.06. The summed E-state index contributed by atoms with van der Waals surface area (Å²) in [5, 5.41) is 5.54. The third-order valence-electron chi connectivity index (χ3n) is 3.64. The molecule has 1 unspecified atom stereocenters. The fraction of sp³-hybridized carbons (Fsp3) is 0.429. The summed E-state index contributed by atoms with van der Waals surface area (Å²) >= 11 is 6.54. The zero-order valence-corrected chi connectivity index (χ0v) is 10.8. The van der Waals surface area contributed by atoms with Crippen molar-refractivity contribution >= 4 is 22.5 Å². The largest absolute Gasteiger partial charge is 0.359 e. The minimum Gasteiger partial charge on any atom is -0.359 e. The molecule has 0 spiro atoms. The average molecular weight is 249 g/mol. The Labute approximate surface area is 106 Å². The zero-order chi connectivity index (χ0) is 11.8. The molecule has 1 fully saturated rings. The normalized spacial score (nSPS) is 20.9. The molecule has 2 N–H and O–H groups in total. The van der Waals surface area contributed by atoms with Crippen LogP contribution in [0.15, 0.2) is 18.2 Å². The SMILES string of the molecule is Cc1cc2c(Cl)c(C3CCCNC3)ccc2[nH]1.